The Labute approximate surface area is 179 Å². The molecular weight excluding hydrogens is 394 g/mol. The molecule has 1 N–H and O–H groups in total. The molecule has 1 fully saturated rings. The summed E-state index contributed by atoms with van der Waals surface area (Å²) in [6, 6.07) is 27.2. The van der Waals surface area contributed by atoms with Gasteiger partial charge in [-0.05, 0) is 35.5 Å². The molecule has 1 saturated heterocycles. The van der Waals surface area contributed by atoms with Crippen molar-refractivity contribution in [1.82, 2.24) is 5.32 Å². The van der Waals surface area contributed by atoms with Crippen molar-refractivity contribution >= 4 is 34.6 Å². The van der Waals surface area contributed by atoms with E-state index in [1.807, 2.05) is 91.0 Å². The molecule has 0 atom stereocenters. The number of hydrogen-bond acceptors (Lipinski definition) is 5. The highest BCUT2D eigenvalue weighted by Crippen LogP contribution is 2.27. The lowest BCUT2D eigenvalue weighted by Crippen LogP contribution is -2.19. The normalized spacial score (nSPS) is 15.8. The molecule has 3 aromatic rings. The summed E-state index contributed by atoms with van der Waals surface area (Å²) in [4.78, 5) is 12.9. The van der Waals surface area contributed by atoms with E-state index >= 15 is 0 Å². The summed E-state index contributed by atoms with van der Waals surface area (Å²) in [6.45, 7) is 0. The largest absolute Gasteiger partial charge is 0.497 e. The molecule has 0 bridgehead atoms. The fraction of sp³-hybridized carbons (Fsp3) is 0.0417. The van der Waals surface area contributed by atoms with Gasteiger partial charge in [-0.25, -0.2) is 0 Å². The Balaban J connectivity index is 1.62. The topological polar surface area (TPSA) is 63.1 Å². The van der Waals surface area contributed by atoms with Crippen LogP contribution in [0.4, 0.5) is 0 Å². The van der Waals surface area contributed by atoms with E-state index in [1.165, 1.54) is 11.8 Å². The van der Waals surface area contributed by atoms with E-state index in [1.54, 1.807) is 7.11 Å². The first kappa shape index (κ1) is 19.7. The zero-order chi connectivity index (χ0) is 20.8. The van der Waals surface area contributed by atoms with E-state index in [0.29, 0.717) is 10.1 Å². The molecule has 3 aromatic carbocycles. The van der Waals surface area contributed by atoms with Gasteiger partial charge in [-0.1, -0.05) is 72.8 Å². The molecule has 4 rings (SSSR count). The molecular formula is C24H19N3O2S. The van der Waals surface area contributed by atoms with Gasteiger partial charge in [0.25, 0.3) is 5.91 Å². The number of methoxy groups -OCH3 is 1. The van der Waals surface area contributed by atoms with Crippen LogP contribution in [0.1, 0.15) is 16.7 Å². The van der Waals surface area contributed by atoms with E-state index < -0.39 is 0 Å². The van der Waals surface area contributed by atoms with E-state index in [2.05, 4.69) is 15.5 Å². The summed E-state index contributed by atoms with van der Waals surface area (Å²) in [7, 11) is 1.61. The maximum absolute atomic E-state index is 12.4. The van der Waals surface area contributed by atoms with Crippen molar-refractivity contribution in [1.29, 1.82) is 0 Å². The summed E-state index contributed by atoms with van der Waals surface area (Å²) in [5.41, 5.74) is 3.53. The zero-order valence-corrected chi connectivity index (χ0v) is 17.1. The fourth-order valence-corrected chi connectivity index (χ4v) is 3.70. The van der Waals surface area contributed by atoms with Crippen LogP contribution in [0, 0.1) is 0 Å². The van der Waals surface area contributed by atoms with Gasteiger partial charge in [0.2, 0.25) is 0 Å². The maximum Gasteiger partial charge on any atom is 0.264 e. The molecule has 1 aliphatic rings. The highest BCUT2D eigenvalue weighted by Gasteiger charge is 2.24. The standard InChI is InChI=1S/C24H19N3O2S/c1-29-20-14-8-9-17(15-20)16-21-23(28)25-24(30-21)27-26-22(18-10-4-2-5-11-18)19-12-6-3-7-13-19/h2-16H,1H3,(H,25,27,28)/b21-16-. The third kappa shape index (κ3) is 4.67. The predicted molar refractivity (Wildman–Crippen MR) is 123 cm³/mol. The fourth-order valence-electron chi connectivity index (χ4n) is 2.93. The Hall–Kier alpha value is -3.64. The first-order valence-corrected chi connectivity index (χ1v) is 10.2. The minimum atomic E-state index is -0.197. The van der Waals surface area contributed by atoms with Crippen LogP contribution in [0.5, 0.6) is 5.75 Å². The second-order valence-electron chi connectivity index (χ2n) is 6.43. The van der Waals surface area contributed by atoms with Crippen molar-refractivity contribution in [3.05, 3.63) is 107 Å². The van der Waals surface area contributed by atoms with Gasteiger partial charge in [0, 0.05) is 11.1 Å². The van der Waals surface area contributed by atoms with Gasteiger partial charge in [0.05, 0.1) is 12.0 Å². The SMILES string of the molecule is COc1cccc(/C=C2\S/C(=N\N=C(c3ccccc3)c3ccccc3)NC2=O)c1. The molecule has 0 aromatic heterocycles. The Morgan fingerprint density at radius 2 is 1.60 bits per heavy atom. The second-order valence-corrected chi connectivity index (χ2v) is 7.46. The molecule has 0 spiro atoms. The molecule has 1 aliphatic heterocycles. The Morgan fingerprint density at radius 1 is 0.933 bits per heavy atom. The third-order valence-electron chi connectivity index (χ3n) is 4.38. The van der Waals surface area contributed by atoms with Crippen LogP contribution in [0.25, 0.3) is 6.08 Å². The number of amidine groups is 1. The van der Waals surface area contributed by atoms with Crippen LogP contribution in [0.3, 0.4) is 0 Å². The first-order valence-electron chi connectivity index (χ1n) is 9.34. The highest BCUT2D eigenvalue weighted by molar-refractivity contribution is 8.18. The van der Waals surface area contributed by atoms with Gasteiger partial charge >= 0.3 is 0 Å². The second kappa shape index (κ2) is 9.24. The predicted octanol–water partition coefficient (Wildman–Crippen LogP) is 4.71. The minimum Gasteiger partial charge on any atom is -0.497 e. The molecule has 1 heterocycles. The van der Waals surface area contributed by atoms with Gasteiger partial charge in [-0.15, -0.1) is 10.2 Å². The monoisotopic (exact) mass is 413 g/mol. The number of ether oxygens (including phenoxy) is 1. The number of hydrogen-bond donors (Lipinski definition) is 1. The van der Waals surface area contributed by atoms with E-state index in [9.17, 15) is 4.79 Å². The Bertz CT molecular complexity index is 1100. The van der Waals surface area contributed by atoms with Crippen LogP contribution < -0.4 is 10.1 Å². The zero-order valence-electron chi connectivity index (χ0n) is 16.3. The third-order valence-corrected chi connectivity index (χ3v) is 5.28. The maximum atomic E-state index is 12.4. The summed E-state index contributed by atoms with van der Waals surface area (Å²) in [5.74, 6) is 0.541. The van der Waals surface area contributed by atoms with E-state index in [0.717, 1.165) is 28.2 Å². The summed E-state index contributed by atoms with van der Waals surface area (Å²) >= 11 is 1.26. The van der Waals surface area contributed by atoms with Crippen LogP contribution in [0.2, 0.25) is 0 Å². The Morgan fingerprint density at radius 3 is 2.23 bits per heavy atom. The number of carbonyl (C=O) groups is 1. The average Bonchev–Trinajstić information content (AvgIpc) is 3.14. The van der Waals surface area contributed by atoms with Crippen molar-refractivity contribution in [3.8, 4) is 5.75 Å². The average molecular weight is 414 g/mol. The van der Waals surface area contributed by atoms with Crippen molar-refractivity contribution in [2.24, 2.45) is 10.2 Å². The molecule has 1 amide bonds. The number of carbonyl (C=O) groups excluding carboxylic acids is 1. The van der Waals surface area contributed by atoms with Crippen molar-refractivity contribution in [2.45, 2.75) is 0 Å². The van der Waals surface area contributed by atoms with E-state index in [-0.39, 0.29) is 5.91 Å². The first-order chi connectivity index (χ1) is 14.7. The van der Waals surface area contributed by atoms with Gasteiger partial charge in [0.1, 0.15) is 11.5 Å². The lowest BCUT2D eigenvalue weighted by atomic mass is 10.0. The highest BCUT2D eigenvalue weighted by atomic mass is 32.2. The van der Waals surface area contributed by atoms with Gasteiger partial charge in [-0.3, -0.25) is 10.1 Å². The van der Waals surface area contributed by atoms with Gasteiger partial charge in [0.15, 0.2) is 5.17 Å². The lowest BCUT2D eigenvalue weighted by molar-refractivity contribution is -0.115. The van der Waals surface area contributed by atoms with E-state index in [4.69, 9.17) is 4.74 Å². The van der Waals surface area contributed by atoms with Crippen LogP contribution in [0.15, 0.2) is 100 Å². The summed E-state index contributed by atoms with van der Waals surface area (Å²) in [5, 5.41) is 12.0. The quantitative estimate of drug-likeness (QED) is 0.374. The molecule has 0 aliphatic carbocycles. The number of benzene rings is 3. The number of rotatable bonds is 5. The van der Waals surface area contributed by atoms with Gasteiger partial charge < -0.3 is 4.74 Å². The molecule has 0 saturated carbocycles. The summed E-state index contributed by atoms with van der Waals surface area (Å²) < 4.78 is 5.24. The molecule has 0 unspecified atom stereocenters. The number of nitrogens with one attached hydrogen (secondary N) is 1. The van der Waals surface area contributed by atoms with Crippen LogP contribution in [-0.2, 0) is 4.79 Å². The van der Waals surface area contributed by atoms with Crippen LogP contribution >= 0.6 is 11.8 Å². The molecule has 6 heteroatoms. The van der Waals surface area contributed by atoms with Crippen molar-refractivity contribution < 1.29 is 9.53 Å². The van der Waals surface area contributed by atoms with Crippen molar-refractivity contribution in [2.75, 3.05) is 7.11 Å². The minimum absolute atomic E-state index is 0.197. The lowest BCUT2D eigenvalue weighted by Gasteiger charge is -2.05. The molecule has 148 valence electrons. The summed E-state index contributed by atoms with van der Waals surface area (Å²) in [6.07, 6.45) is 1.81. The van der Waals surface area contributed by atoms with Gasteiger partial charge in [-0.2, -0.15) is 0 Å². The number of amides is 1. The molecule has 0 radical (unpaired) electrons. The number of thioether (sulfide) groups is 1. The van der Waals surface area contributed by atoms with Crippen LogP contribution in [-0.4, -0.2) is 23.9 Å². The number of nitrogens with zero attached hydrogens (tertiary/aromatic N) is 2. The molecule has 5 nitrogen and oxygen atoms in total. The van der Waals surface area contributed by atoms with Crippen molar-refractivity contribution in [3.63, 3.8) is 0 Å². The Kier molecular flexibility index (Phi) is 6.06. The molecule has 30 heavy (non-hydrogen) atoms. The smallest absolute Gasteiger partial charge is 0.264 e.